The van der Waals surface area contributed by atoms with E-state index in [1.165, 1.54) is 0 Å². The second-order valence-electron chi connectivity index (χ2n) is 11.6. The topological polar surface area (TPSA) is 0 Å². The summed E-state index contributed by atoms with van der Waals surface area (Å²) in [7, 11) is 4.83. The van der Waals surface area contributed by atoms with Crippen molar-refractivity contribution in [1.29, 1.82) is 0 Å². The predicted molar refractivity (Wildman–Crippen MR) is 154 cm³/mol. The quantitative estimate of drug-likeness (QED) is 0.146. The van der Waals surface area contributed by atoms with E-state index >= 15 is 17.6 Å². The zero-order valence-electron chi connectivity index (χ0n) is 22.5. The largest absolute Gasteiger partial charge is 0.207 e. The van der Waals surface area contributed by atoms with Crippen LogP contribution in [0, 0.1) is 70.2 Å². The van der Waals surface area contributed by atoms with Gasteiger partial charge in [-0.2, -0.15) is 0 Å². The average Bonchev–Trinajstić information content (AvgIpc) is 3.60. The smallest absolute Gasteiger partial charge is 0.127 e. The first kappa shape index (κ1) is 30.2. The van der Waals surface area contributed by atoms with Crippen molar-refractivity contribution in [3.05, 3.63) is 142 Å². The molecule has 2 fully saturated rings. The maximum absolute atomic E-state index is 15.8. The zero-order chi connectivity index (χ0) is 30.8. The van der Waals surface area contributed by atoms with Gasteiger partial charge in [-0.25, -0.2) is 35.1 Å². The lowest BCUT2D eigenvalue weighted by Crippen LogP contribution is -2.48. The van der Waals surface area contributed by atoms with E-state index in [-0.39, 0.29) is 34.1 Å². The monoisotopic (exact) mass is 636 g/mol. The van der Waals surface area contributed by atoms with Crippen molar-refractivity contribution in [1.82, 2.24) is 0 Å². The van der Waals surface area contributed by atoms with E-state index in [0.717, 1.165) is 72.8 Å². The van der Waals surface area contributed by atoms with Gasteiger partial charge in [0, 0.05) is 32.6 Å². The van der Waals surface area contributed by atoms with Crippen molar-refractivity contribution in [2.45, 2.75) is 29.6 Å². The molecule has 0 radical (unpaired) electrons. The van der Waals surface area contributed by atoms with E-state index in [2.05, 4.69) is 18.5 Å². The molecule has 2 aliphatic rings. The summed E-state index contributed by atoms with van der Waals surface area (Å²) < 4.78 is 122. The van der Waals surface area contributed by atoms with E-state index in [1.807, 2.05) is 0 Å². The molecule has 4 aromatic rings. The Hall–Kier alpha value is -2.82. The lowest BCUT2D eigenvalue weighted by atomic mass is 9.60. The molecule has 0 spiro atoms. The normalized spacial score (nSPS) is 21.9. The summed E-state index contributed by atoms with van der Waals surface area (Å²) >= 11 is 0. The highest BCUT2D eigenvalue weighted by Crippen LogP contribution is 2.69. The van der Waals surface area contributed by atoms with Gasteiger partial charge < -0.3 is 0 Å². The van der Waals surface area contributed by atoms with Crippen LogP contribution < -0.4 is 0 Å². The van der Waals surface area contributed by atoms with Gasteiger partial charge in [0.1, 0.15) is 46.5 Å². The van der Waals surface area contributed by atoms with Crippen LogP contribution in [0.2, 0.25) is 0 Å². The molecule has 0 heterocycles. The molecule has 0 saturated heterocycles. The molecular formula is C33H26F8P2. The Balaban J connectivity index is 1.71. The molecule has 224 valence electrons. The van der Waals surface area contributed by atoms with E-state index in [4.69, 9.17) is 0 Å². The van der Waals surface area contributed by atoms with Gasteiger partial charge in [0.2, 0.25) is 0 Å². The Bertz CT molecular complexity index is 1500. The maximum atomic E-state index is 15.8. The number of benzene rings is 4. The van der Waals surface area contributed by atoms with Crippen molar-refractivity contribution >= 4 is 18.5 Å². The minimum atomic E-state index is -1.86. The molecule has 4 aromatic carbocycles. The van der Waals surface area contributed by atoms with Gasteiger partial charge in [0.15, 0.2) is 0 Å². The first-order chi connectivity index (χ1) is 20.3. The summed E-state index contributed by atoms with van der Waals surface area (Å²) in [6, 6.07) is 10.8. The Labute approximate surface area is 248 Å². The molecule has 0 amide bonds. The van der Waals surface area contributed by atoms with Crippen molar-refractivity contribution in [3.63, 3.8) is 0 Å². The lowest BCUT2D eigenvalue weighted by molar-refractivity contribution is 0.147. The fourth-order valence-electron chi connectivity index (χ4n) is 7.87. The summed E-state index contributed by atoms with van der Waals surface area (Å²) in [6.45, 7) is 0. The number of halogens is 8. The van der Waals surface area contributed by atoms with Gasteiger partial charge in [-0.05, 0) is 116 Å². The number of hydrogen-bond acceptors (Lipinski definition) is 0. The van der Waals surface area contributed by atoms with Crippen LogP contribution in [-0.4, -0.2) is 0 Å². The van der Waals surface area contributed by atoms with E-state index in [1.54, 1.807) is 0 Å². The van der Waals surface area contributed by atoms with Crippen LogP contribution in [0.4, 0.5) is 35.1 Å². The van der Waals surface area contributed by atoms with Crippen LogP contribution in [0.25, 0.3) is 0 Å². The van der Waals surface area contributed by atoms with Gasteiger partial charge in [-0.1, -0.05) is 0 Å². The van der Waals surface area contributed by atoms with E-state index in [0.29, 0.717) is 19.3 Å². The third kappa shape index (κ3) is 4.80. The molecule has 0 nitrogen and oxygen atoms in total. The third-order valence-corrected chi connectivity index (χ3v) is 11.5. The Morgan fingerprint density at radius 2 is 0.698 bits per heavy atom. The van der Waals surface area contributed by atoms with Crippen molar-refractivity contribution in [2.24, 2.45) is 23.7 Å². The summed E-state index contributed by atoms with van der Waals surface area (Å²) in [6.07, 6.45) is 1.59. The molecule has 43 heavy (non-hydrogen) atoms. The first-order valence-electron chi connectivity index (χ1n) is 13.8. The summed E-state index contributed by atoms with van der Waals surface area (Å²) in [5, 5.41) is -3.73. The second kappa shape index (κ2) is 11.0. The van der Waals surface area contributed by atoms with Crippen LogP contribution in [0.1, 0.15) is 41.5 Å². The highest BCUT2D eigenvalue weighted by Gasteiger charge is 2.63. The molecule has 6 unspecified atom stereocenters. The van der Waals surface area contributed by atoms with Gasteiger partial charge >= 0.3 is 0 Å². The lowest BCUT2D eigenvalue weighted by Gasteiger charge is -2.51. The Morgan fingerprint density at radius 1 is 0.442 bits per heavy atom. The Morgan fingerprint density at radius 3 is 0.953 bits per heavy atom. The molecule has 6 atom stereocenters. The van der Waals surface area contributed by atoms with Crippen LogP contribution in [0.3, 0.4) is 0 Å². The fraction of sp³-hybridized carbons (Fsp3) is 0.273. The molecule has 10 heteroatoms. The minimum Gasteiger partial charge on any atom is -0.207 e. The maximum Gasteiger partial charge on any atom is 0.127 e. The number of fused-ring (bicyclic) bond motifs is 2. The van der Waals surface area contributed by atoms with Gasteiger partial charge in [0.25, 0.3) is 0 Å². The highest BCUT2D eigenvalue weighted by atomic mass is 31.0. The summed E-state index contributed by atoms with van der Waals surface area (Å²) in [5.41, 5.74) is -1.18. The zero-order valence-corrected chi connectivity index (χ0v) is 24.8. The van der Waals surface area contributed by atoms with E-state index < -0.39 is 68.7 Å². The highest BCUT2D eigenvalue weighted by molar-refractivity contribution is 7.19. The number of rotatable bonds is 6. The van der Waals surface area contributed by atoms with Crippen LogP contribution in [0.5, 0.6) is 0 Å². The SMILES string of the molecule is Fc1ccc(F)c(C(P)(c2cc(F)ccc2F)C2C3CCC(C3)C2C(P)(c2cc(F)ccc2F)c2cc(F)ccc2F)c1. The predicted octanol–water partition coefficient (Wildman–Crippen LogP) is 9.40. The molecular weight excluding hydrogens is 610 g/mol. The van der Waals surface area contributed by atoms with Crippen LogP contribution in [-0.2, 0) is 10.3 Å². The molecule has 6 rings (SSSR count). The summed E-state index contributed by atoms with van der Waals surface area (Å²) in [4.78, 5) is 0. The molecule has 2 saturated carbocycles. The molecule has 0 aliphatic heterocycles. The standard InChI is InChI=1S/C33H26F8P2/c34-18-3-7-26(38)22(12-18)32(42,23-13-19(35)4-8-27(23)39)30-16-1-2-17(11-16)31(30)33(43,24-14-20(36)5-9-28(24)40)25-15-21(37)6-10-29(25)41/h3-10,12-17,30-31H,1-2,11,42-43H2. The molecule has 0 N–H and O–H groups in total. The second-order valence-corrected chi connectivity index (χ2v) is 13.4. The third-order valence-electron chi connectivity index (χ3n) is 9.46. The molecule has 0 aromatic heterocycles. The van der Waals surface area contributed by atoms with Crippen LogP contribution >= 0.6 is 18.5 Å². The summed E-state index contributed by atoms with van der Waals surface area (Å²) in [5.74, 6) is -9.42. The number of hydrogen-bond donors (Lipinski definition) is 0. The molecule has 2 bridgehead atoms. The fourth-order valence-corrected chi connectivity index (χ4v) is 9.71. The first-order valence-corrected chi connectivity index (χ1v) is 14.9. The van der Waals surface area contributed by atoms with Crippen molar-refractivity contribution in [3.8, 4) is 0 Å². The van der Waals surface area contributed by atoms with Crippen LogP contribution in [0.15, 0.2) is 72.8 Å². The van der Waals surface area contributed by atoms with Crippen molar-refractivity contribution in [2.75, 3.05) is 0 Å². The van der Waals surface area contributed by atoms with Gasteiger partial charge in [-0.3, -0.25) is 0 Å². The Kier molecular flexibility index (Phi) is 7.70. The average molecular weight is 637 g/mol. The minimum absolute atomic E-state index is 0.295. The van der Waals surface area contributed by atoms with E-state index in [9.17, 15) is 17.6 Å². The van der Waals surface area contributed by atoms with Gasteiger partial charge in [0.05, 0.1) is 0 Å². The molecule has 2 aliphatic carbocycles. The van der Waals surface area contributed by atoms with Crippen molar-refractivity contribution < 1.29 is 35.1 Å². The van der Waals surface area contributed by atoms with Gasteiger partial charge in [-0.15, -0.1) is 18.5 Å².